The van der Waals surface area contributed by atoms with Gasteiger partial charge in [0.25, 0.3) is 0 Å². The molecule has 15 heavy (non-hydrogen) atoms. The van der Waals surface area contributed by atoms with Crippen LogP contribution in [0.1, 0.15) is 18.9 Å². The molecule has 0 saturated carbocycles. The second-order valence-corrected chi connectivity index (χ2v) is 3.60. The maximum Gasteiger partial charge on any atom is 0.335 e. The minimum Gasteiger partial charge on any atom is -0.479 e. The van der Waals surface area contributed by atoms with Gasteiger partial charge < -0.3 is 10.2 Å². The van der Waals surface area contributed by atoms with Crippen LogP contribution in [0.2, 0.25) is 0 Å². The van der Waals surface area contributed by atoms with E-state index >= 15 is 0 Å². The molecule has 0 bridgehead atoms. The van der Waals surface area contributed by atoms with E-state index in [1.54, 1.807) is 12.2 Å². The Kier molecular flexibility index (Phi) is 3.63. The van der Waals surface area contributed by atoms with E-state index in [9.17, 15) is 9.90 Å². The number of carbonyl (C=O) groups is 1. The third kappa shape index (κ3) is 3.56. The van der Waals surface area contributed by atoms with E-state index in [2.05, 4.69) is 0 Å². The first-order valence-electron chi connectivity index (χ1n) is 4.70. The Hall–Kier alpha value is -1.61. The molecule has 1 rings (SSSR count). The summed E-state index contributed by atoms with van der Waals surface area (Å²) in [7, 11) is 0. The second kappa shape index (κ2) is 4.75. The number of hydrogen-bond acceptors (Lipinski definition) is 2. The van der Waals surface area contributed by atoms with Crippen molar-refractivity contribution >= 4 is 12.0 Å². The minimum atomic E-state index is -1.69. The normalized spacial score (nSPS) is 15.1. The Balaban J connectivity index is 2.58. The van der Waals surface area contributed by atoms with Crippen molar-refractivity contribution in [1.29, 1.82) is 0 Å². The first-order chi connectivity index (χ1) is 7.02. The van der Waals surface area contributed by atoms with Gasteiger partial charge in [-0.05, 0) is 12.5 Å². The van der Waals surface area contributed by atoms with Crippen LogP contribution in [-0.4, -0.2) is 21.8 Å². The van der Waals surface area contributed by atoms with Gasteiger partial charge >= 0.3 is 5.97 Å². The van der Waals surface area contributed by atoms with Crippen LogP contribution < -0.4 is 0 Å². The second-order valence-electron chi connectivity index (χ2n) is 3.60. The molecule has 0 heterocycles. The zero-order chi connectivity index (χ0) is 11.3. The van der Waals surface area contributed by atoms with E-state index in [1.807, 2.05) is 30.3 Å². The van der Waals surface area contributed by atoms with Crippen molar-refractivity contribution in [1.82, 2.24) is 0 Å². The van der Waals surface area contributed by atoms with Crippen molar-refractivity contribution in [3.8, 4) is 0 Å². The SMILES string of the molecule is CC(O)(C/C=C/c1ccccc1)C(=O)O. The van der Waals surface area contributed by atoms with Gasteiger partial charge in [0.15, 0.2) is 5.60 Å². The van der Waals surface area contributed by atoms with Crippen molar-refractivity contribution < 1.29 is 15.0 Å². The molecule has 0 amide bonds. The van der Waals surface area contributed by atoms with E-state index in [1.165, 1.54) is 6.92 Å². The van der Waals surface area contributed by atoms with Crippen LogP contribution in [0.3, 0.4) is 0 Å². The summed E-state index contributed by atoms with van der Waals surface area (Å²) in [5.74, 6) is -1.21. The maximum atomic E-state index is 10.6. The van der Waals surface area contributed by atoms with E-state index in [-0.39, 0.29) is 6.42 Å². The van der Waals surface area contributed by atoms with Gasteiger partial charge in [0.05, 0.1) is 0 Å². The smallest absolute Gasteiger partial charge is 0.335 e. The number of rotatable bonds is 4. The minimum absolute atomic E-state index is 0.0945. The standard InChI is InChI=1S/C12H14O3/c1-12(15,11(13)14)9-5-8-10-6-3-2-4-7-10/h2-8,15H,9H2,1H3,(H,13,14)/b8-5+. The van der Waals surface area contributed by atoms with Crippen LogP contribution in [0, 0.1) is 0 Å². The van der Waals surface area contributed by atoms with Gasteiger partial charge in [-0.2, -0.15) is 0 Å². The van der Waals surface area contributed by atoms with Gasteiger partial charge in [-0.15, -0.1) is 0 Å². The molecule has 80 valence electrons. The largest absolute Gasteiger partial charge is 0.479 e. The van der Waals surface area contributed by atoms with Crippen molar-refractivity contribution in [3.05, 3.63) is 42.0 Å². The number of carboxylic acid groups (broad SMARTS) is 1. The van der Waals surface area contributed by atoms with E-state index in [0.717, 1.165) is 5.56 Å². The molecule has 0 spiro atoms. The van der Waals surface area contributed by atoms with E-state index in [4.69, 9.17) is 5.11 Å². The van der Waals surface area contributed by atoms with Crippen molar-refractivity contribution in [2.75, 3.05) is 0 Å². The molecule has 1 aromatic rings. The van der Waals surface area contributed by atoms with Gasteiger partial charge in [-0.1, -0.05) is 42.5 Å². The lowest BCUT2D eigenvalue weighted by Gasteiger charge is -2.14. The summed E-state index contributed by atoms with van der Waals surface area (Å²) >= 11 is 0. The van der Waals surface area contributed by atoms with Gasteiger partial charge in [-0.3, -0.25) is 0 Å². The molecule has 0 aromatic heterocycles. The van der Waals surface area contributed by atoms with Gasteiger partial charge in [0, 0.05) is 6.42 Å². The summed E-state index contributed by atoms with van der Waals surface area (Å²) in [5, 5.41) is 18.1. The van der Waals surface area contributed by atoms with Crippen molar-refractivity contribution in [2.24, 2.45) is 0 Å². The Morgan fingerprint density at radius 2 is 2.00 bits per heavy atom. The highest BCUT2D eigenvalue weighted by Crippen LogP contribution is 2.11. The highest BCUT2D eigenvalue weighted by molar-refractivity contribution is 5.76. The number of carboxylic acids is 1. The third-order valence-corrected chi connectivity index (χ3v) is 2.09. The van der Waals surface area contributed by atoms with E-state index < -0.39 is 11.6 Å². The molecule has 1 atom stereocenters. The number of aliphatic carboxylic acids is 1. The lowest BCUT2D eigenvalue weighted by molar-refractivity contribution is -0.156. The van der Waals surface area contributed by atoms with Gasteiger partial charge in [-0.25, -0.2) is 4.79 Å². The summed E-state index contributed by atoms with van der Waals surface area (Å²) < 4.78 is 0. The lowest BCUT2D eigenvalue weighted by atomic mass is 10.0. The summed E-state index contributed by atoms with van der Waals surface area (Å²) in [6.07, 6.45) is 3.54. The molecule has 0 radical (unpaired) electrons. The molecule has 2 N–H and O–H groups in total. The molecule has 0 fully saturated rings. The molecular formula is C12H14O3. The van der Waals surface area contributed by atoms with Crippen LogP contribution in [0.15, 0.2) is 36.4 Å². The molecule has 0 saturated heterocycles. The van der Waals surface area contributed by atoms with Crippen LogP contribution in [0.4, 0.5) is 0 Å². The van der Waals surface area contributed by atoms with Crippen LogP contribution in [-0.2, 0) is 4.79 Å². The molecular weight excluding hydrogens is 192 g/mol. The molecule has 0 aliphatic rings. The molecule has 1 aromatic carbocycles. The monoisotopic (exact) mass is 206 g/mol. The fourth-order valence-electron chi connectivity index (χ4n) is 1.08. The van der Waals surface area contributed by atoms with Crippen molar-refractivity contribution in [3.63, 3.8) is 0 Å². The van der Waals surface area contributed by atoms with Crippen LogP contribution in [0.25, 0.3) is 6.08 Å². The van der Waals surface area contributed by atoms with Gasteiger partial charge in [0.1, 0.15) is 0 Å². The van der Waals surface area contributed by atoms with Crippen LogP contribution in [0.5, 0.6) is 0 Å². The zero-order valence-electron chi connectivity index (χ0n) is 8.55. The number of aliphatic hydroxyl groups is 1. The Morgan fingerprint density at radius 3 is 2.53 bits per heavy atom. The van der Waals surface area contributed by atoms with E-state index in [0.29, 0.717) is 0 Å². The summed E-state index contributed by atoms with van der Waals surface area (Å²) in [5.41, 5.74) is -0.704. The molecule has 0 aliphatic carbocycles. The topological polar surface area (TPSA) is 57.5 Å². The predicted octanol–water partition coefficient (Wildman–Crippen LogP) is 1.93. The predicted molar refractivity (Wildman–Crippen MR) is 58.4 cm³/mol. The summed E-state index contributed by atoms with van der Waals surface area (Å²) in [4.78, 5) is 10.6. The highest BCUT2D eigenvalue weighted by atomic mass is 16.4. The summed E-state index contributed by atoms with van der Waals surface area (Å²) in [6.45, 7) is 1.28. The Bertz CT molecular complexity index is 352. The first-order valence-corrected chi connectivity index (χ1v) is 4.70. The number of hydrogen-bond donors (Lipinski definition) is 2. The fraction of sp³-hybridized carbons (Fsp3) is 0.250. The molecule has 1 unspecified atom stereocenters. The van der Waals surface area contributed by atoms with Crippen LogP contribution >= 0.6 is 0 Å². The first kappa shape index (κ1) is 11.5. The summed E-state index contributed by atoms with van der Waals surface area (Å²) in [6, 6.07) is 9.52. The fourth-order valence-corrected chi connectivity index (χ4v) is 1.08. The lowest BCUT2D eigenvalue weighted by Crippen LogP contribution is -2.33. The molecule has 3 nitrogen and oxygen atoms in total. The Morgan fingerprint density at radius 1 is 1.40 bits per heavy atom. The zero-order valence-corrected chi connectivity index (χ0v) is 8.55. The average Bonchev–Trinajstić information content (AvgIpc) is 2.19. The van der Waals surface area contributed by atoms with Gasteiger partial charge in [0.2, 0.25) is 0 Å². The quantitative estimate of drug-likeness (QED) is 0.791. The third-order valence-electron chi connectivity index (χ3n) is 2.09. The highest BCUT2D eigenvalue weighted by Gasteiger charge is 2.27. The average molecular weight is 206 g/mol. The van der Waals surface area contributed by atoms with Crippen molar-refractivity contribution in [2.45, 2.75) is 18.9 Å². The maximum absolute atomic E-state index is 10.6. The Labute approximate surface area is 88.7 Å². The number of benzene rings is 1. The molecule has 3 heteroatoms. The molecule has 0 aliphatic heterocycles.